The summed E-state index contributed by atoms with van der Waals surface area (Å²) in [5.41, 5.74) is 1.58. The highest BCUT2D eigenvalue weighted by Gasteiger charge is 2.47. The molecule has 0 radical (unpaired) electrons. The fourth-order valence-corrected chi connectivity index (χ4v) is 11.8. The maximum Gasteiger partial charge on any atom is 0.412 e. The number of amides is 1. The van der Waals surface area contributed by atoms with Crippen LogP contribution in [0.25, 0.3) is 0 Å². The molecule has 1 aliphatic heterocycles. The van der Waals surface area contributed by atoms with Gasteiger partial charge < -0.3 is 24.3 Å². The van der Waals surface area contributed by atoms with Crippen molar-refractivity contribution in [2.24, 2.45) is 0 Å². The van der Waals surface area contributed by atoms with E-state index < -0.39 is 37.8 Å². The van der Waals surface area contributed by atoms with Crippen molar-refractivity contribution in [3.05, 3.63) is 53.3 Å². The molecule has 10 heteroatoms. The zero-order valence-corrected chi connectivity index (χ0v) is 27.4. The third-order valence-electron chi connectivity index (χ3n) is 7.88. The number of esters is 1. The van der Waals surface area contributed by atoms with Crippen LogP contribution in [0.5, 0.6) is 5.75 Å². The van der Waals surface area contributed by atoms with Crippen LogP contribution in [0.1, 0.15) is 73.4 Å². The average molecular weight is 603 g/mol. The second-order valence-electron chi connectivity index (χ2n) is 12.9. The Hall–Kier alpha value is -3.11. The summed E-state index contributed by atoms with van der Waals surface area (Å²) in [4.78, 5) is 26.2. The van der Waals surface area contributed by atoms with Gasteiger partial charge in [0.25, 0.3) is 0 Å². The predicted octanol–water partition coefficient (Wildman–Crippen LogP) is 7.76. The highest BCUT2D eigenvalue weighted by molar-refractivity contribution is 6.77. The summed E-state index contributed by atoms with van der Waals surface area (Å²) < 4.78 is 34.4. The summed E-state index contributed by atoms with van der Waals surface area (Å²) in [6.45, 7) is 18.3. The van der Waals surface area contributed by atoms with E-state index in [0.717, 1.165) is 5.56 Å². The number of halogens is 1. The molecule has 2 aromatic rings. The SMILES string of the molecule is CC(C)[Si](OC[C@H]1Cc2c(cc(OCc3ccccc3)c(NCC(=O)OC(C)(C)C)c2F)N1C(=O)O)(C(C)C)C(C)C. The van der Waals surface area contributed by atoms with E-state index in [9.17, 15) is 14.7 Å². The Kier molecular flexibility index (Phi) is 10.7. The molecule has 0 bridgehead atoms. The Morgan fingerprint density at radius 1 is 1.07 bits per heavy atom. The molecule has 2 aromatic carbocycles. The predicted molar refractivity (Wildman–Crippen MR) is 167 cm³/mol. The zero-order chi connectivity index (χ0) is 31.4. The highest BCUT2D eigenvalue weighted by Crippen LogP contribution is 2.45. The quantitative estimate of drug-likeness (QED) is 0.189. The van der Waals surface area contributed by atoms with Crippen LogP contribution in [-0.2, 0) is 27.0 Å². The van der Waals surface area contributed by atoms with Crippen LogP contribution in [0, 0.1) is 5.82 Å². The van der Waals surface area contributed by atoms with Crippen molar-refractivity contribution in [3.8, 4) is 5.75 Å². The van der Waals surface area contributed by atoms with E-state index in [-0.39, 0.29) is 48.9 Å². The fourth-order valence-electron chi connectivity index (χ4n) is 6.27. The molecule has 0 fully saturated rings. The summed E-state index contributed by atoms with van der Waals surface area (Å²) >= 11 is 0. The molecular weight excluding hydrogens is 555 g/mol. The number of fused-ring (bicyclic) bond motifs is 1. The van der Waals surface area contributed by atoms with E-state index in [2.05, 4.69) is 46.9 Å². The number of nitrogens with one attached hydrogen (secondary N) is 1. The fraction of sp³-hybridized carbons (Fsp3) is 0.562. The number of carbonyl (C=O) groups is 2. The van der Waals surface area contributed by atoms with Gasteiger partial charge in [-0.1, -0.05) is 71.9 Å². The molecule has 42 heavy (non-hydrogen) atoms. The number of carbonyl (C=O) groups excluding carboxylic acids is 1. The standard InChI is InChI=1S/C32H47FN2O6Si/c1-20(2)42(21(3)4,22(5)6)40-19-24-15-25-26(35(24)31(37)38)16-27(39-18-23-13-11-10-12-14-23)30(29(25)33)34-17-28(36)41-32(7,8)9/h10-14,16,20-22,24,34H,15,17-19H2,1-9H3,(H,37,38)/t24-/m1/s1. The largest absolute Gasteiger partial charge is 0.487 e. The lowest BCUT2D eigenvalue weighted by molar-refractivity contribution is -0.152. The lowest BCUT2D eigenvalue weighted by Gasteiger charge is -2.43. The van der Waals surface area contributed by atoms with Crippen molar-refractivity contribution in [1.29, 1.82) is 0 Å². The van der Waals surface area contributed by atoms with Gasteiger partial charge in [-0.25, -0.2) is 9.18 Å². The number of hydrogen-bond acceptors (Lipinski definition) is 6. The number of anilines is 2. The number of ether oxygens (including phenoxy) is 2. The monoisotopic (exact) mass is 602 g/mol. The first-order chi connectivity index (χ1) is 19.6. The van der Waals surface area contributed by atoms with Gasteiger partial charge >= 0.3 is 12.1 Å². The van der Waals surface area contributed by atoms with E-state index in [4.69, 9.17) is 13.9 Å². The molecule has 1 aliphatic rings. The minimum atomic E-state index is -2.30. The lowest BCUT2D eigenvalue weighted by Crippen LogP contribution is -2.51. The average Bonchev–Trinajstić information content (AvgIpc) is 3.25. The third-order valence-corrected chi connectivity index (χ3v) is 14.0. The molecule has 0 aliphatic carbocycles. The first-order valence-electron chi connectivity index (χ1n) is 14.7. The Labute approximate surface area is 250 Å². The molecule has 1 amide bonds. The van der Waals surface area contributed by atoms with Crippen LogP contribution in [0.4, 0.5) is 20.6 Å². The van der Waals surface area contributed by atoms with Crippen molar-refractivity contribution in [3.63, 3.8) is 0 Å². The first kappa shape index (κ1) is 33.4. The number of nitrogens with zero attached hydrogens (tertiary/aromatic N) is 1. The van der Waals surface area contributed by atoms with Crippen LogP contribution in [0.15, 0.2) is 36.4 Å². The second kappa shape index (κ2) is 13.5. The molecule has 0 aromatic heterocycles. The van der Waals surface area contributed by atoms with E-state index in [1.165, 1.54) is 4.90 Å². The van der Waals surface area contributed by atoms with E-state index >= 15 is 4.39 Å². The molecule has 1 atom stereocenters. The van der Waals surface area contributed by atoms with Crippen LogP contribution in [-0.4, -0.2) is 50.3 Å². The molecule has 8 nitrogen and oxygen atoms in total. The van der Waals surface area contributed by atoms with Crippen LogP contribution in [0.3, 0.4) is 0 Å². The molecule has 232 valence electrons. The first-order valence-corrected chi connectivity index (χ1v) is 16.9. The van der Waals surface area contributed by atoms with Crippen LogP contribution in [0.2, 0.25) is 16.6 Å². The summed E-state index contributed by atoms with van der Waals surface area (Å²) in [7, 11) is -2.30. The molecular formula is C32H47FN2O6Si. The number of benzene rings is 2. The minimum Gasteiger partial charge on any atom is -0.487 e. The van der Waals surface area contributed by atoms with Gasteiger partial charge in [0.15, 0.2) is 14.1 Å². The summed E-state index contributed by atoms with van der Waals surface area (Å²) in [6.07, 6.45) is -1.04. The van der Waals surface area contributed by atoms with Gasteiger partial charge in [-0.05, 0) is 43.0 Å². The van der Waals surface area contributed by atoms with Gasteiger partial charge in [-0.2, -0.15) is 0 Å². The number of rotatable bonds is 12. The van der Waals surface area contributed by atoms with Crippen LogP contribution >= 0.6 is 0 Å². The molecule has 0 spiro atoms. The molecule has 2 N–H and O–H groups in total. The maximum absolute atomic E-state index is 16.3. The Morgan fingerprint density at radius 3 is 2.19 bits per heavy atom. The smallest absolute Gasteiger partial charge is 0.412 e. The Morgan fingerprint density at radius 2 is 1.67 bits per heavy atom. The topological polar surface area (TPSA) is 97.3 Å². The highest BCUT2D eigenvalue weighted by atomic mass is 28.4. The van der Waals surface area contributed by atoms with Gasteiger partial charge in [0, 0.05) is 18.1 Å². The summed E-state index contributed by atoms with van der Waals surface area (Å²) in [6, 6.07) is 10.3. The third kappa shape index (κ3) is 7.44. The van der Waals surface area contributed by atoms with Crippen molar-refractivity contribution in [2.75, 3.05) is 23.4 Å². The van der Waals surface area contributed by atoms with Crippen molar-refractivity contribution in [1.82, 2.24) is 0 Å². The van der Waals surface area contributed by atoms with E-state index in [0.29, 0.717) is 16.6 Å². The van der Waals surface area contributed by atoms with Crippen LogP contribution < -0.4 is 15.0 Å². The molecule has 0 saturated carbocycles. The van der Waals surface area contributed by atoms with Gasteiger partial charge in [-0.3, -0.25) is 9.69 Å². The molecule has 1 heterocycles. The zero-order valence-electron chi connectivity index (χ0n) is 26.4. The normalized spacial score (nSPS) is 15.4. The minimum absolute atomic E-state index is 0.00212. The second-order valence-corrected chi connectivity index (χ2v) is 18.4. The maximum atomic E-state index is 16.3. The summed E-state index contributed by atoms with van der Waals surface area (Å²) in [5, 5.41) is 13.1. The lowest BCUT2D eigenvalue weighted by atomic mass is 10.1. The van der Waals surface area contributed by atoms with E-state index in [1.807, 2.05) is 30.3 Å². The molecule has 0 unspecified atom stereocenters. The Balaban J connectivity index is 1.98. The number of hydrogen-bond donors (Lipinski definition) is 2. The van der Waals surface area contributed by atoms with Gasteiger partial charge in [-0.15, -0.1) is 0 Å². The molecule has 3 rings (SSSR count). The summed E-state index contributed by atoms with van der Waals surface area (Å²) in [5.74, 6) is -1.08. The van der Waals surface area contributed by atoms with Gasteiger partial charge in [0.1, 0.15) is 30.2 Å². The molecule has 0 saturated heterocycles. The Bertz CT molecular complexity index is 1220. The van der Waals surface area contributed by atoms with Crippen molar-refractivity contribution in [2.45, 2.75) is 104 Å². The van der Waals surface area contributed by atoms with Crippen molar-refractivity contribution < 1.29 is 33.0 Å². The van der Waals surface area contributed by atoms with Gasteiger partial charge in [0.2, 0.25) is 0 Å². The van der Waals surface area contributed by atoms with E-state index in [1.54, 1.807) is 26.8 Å². The van der Waals surface area contributed by atoms with Gasteiger partial charge in [0.05, 0.1) is 18.3 Å². The number of carboxylic acid groups (broad SMARTS) is 1. The van der Waals surface area contributed by atoms with Crippen molar-refractivity contribution >= 4 is 31.8 Å².